The summed E-state index contributed by atoms with van der Waals surface area (Å²) in [5, 5.41) is 12.9. The van der Waals surface area contributed by atoms with E-state index in [9.17, 15) is 8.42 Å². The van der Waals surface area contributed by atoms with Crippen LogP contribution in [-0.2, 0) is 22.5 Å². The Bertz CT molecular complexity index is 500. The highest BCUT2D eigenvalue weighted by Crippen LogP contribution is 2.27. The largest absolute Gasteiger partial charge is 0.396 e. The van der Waals surface area contributed by atoms with Gasteiger partial charge in [0.2, 0.25) is 10.0 Å². The molecule has 0 atom stereocenters. The normalized spacial score (nSPS) is 12.9. The zero-order valence-electron chi connectivity index (χ0n) is 11.3. The van der Waals surface area contributed by atoms with Crippen molar-refractivity contribution < 1.29 is 13.5 Å². The van der Waals surface area contributed by atoms with Crippen LogP contribution in [0.5, 0.6) is 0 Å². The zero-order valence-corrected chi connectivity index (χ0v) is 12.1. The van der Waals surface area contributed by atoms with Gasteiger partial charge in [-0.25, -0.2) is 13.1 Å². The minimum absolute atomic E-state index is 0.0400. The molecule has 0 aliphatic carbocycles. The van der Waals surface area contributed by atoms with Gasteiger partial charge in [-0.1, -0.05) is 20.8 Å². The maximum Gasteiger partial charge on any atom is 0.243 e. The van der Waals surface area contributed by atoms with Gasteiger partial charge in [0.1, 0.15) is 4.90 Å². The van der Waals surface area contributed by atoms with Crippen LogP contribution in [0, 0.1) is 0 Å². The Morgan fingerprint density at radius 2 is 2.06 bits per heavy atom. The summed E-state index contributed by atoms with van der Waals surface area (Å²) in [5.74, 6) is 0. The Hall–Kier alpha value is -0.920. The first-order valence-electron chi connectivity index (χ1n) is 5.83. The molecule has 1 heterocycles. The van der Waals surface area contributed by atoms with E-state index in [0.29, 0.717) is 12.1 Å². The lowest BCUT2D eigenvalue weighted by Crippen LogP contribution is -2.27. The standard InChI is InChI=1S/C11H21N3O3S/c1-11(2,3)10-9(8-14(4)13-10)18(16,17)12-6-5-7-15/h8,12,15H,5-7H2,1-4H3. The molecule has 0 aromatic carbocycles. The van der Waals surface area contributed by atoms with Gasteiger partial charge in [0, 0.05) is 31.8 Å². The van der Waals surface area contributed by atoms with E-state index in [2.05, 4.69) is 9.82 Å². The summed E-state index contributed by atoms with van der Waals surface area (Å²) in [7, 11) is -1.87. The molecule has 0 aliphatic rings. The van der Waals surface area contributed by atoms with Gasteiger partial charge in [-0.2, -0.15) is 5.10 Å². The van der Waals surface area contributed by atoms with Gasteiger partial charge in [0.05, 0.1) is 5.69 Å². The lowest BCUT2D eigenvalue weighted by Gasteiger charge is -2.17. The number of hydrogen-bond acceptors (Lipinski definition) is 4. The van der Waals surface area contributed by atoms with Crippen LogP contribution in [0.3, 0.4) is 0 Å². The first-order chi connectivity index (χ1) is 8.18. The monoisotopic (exact) mass is 275 g/mol. The number of sulfonamides is 1. The molecule has 0 radical (unpaired) electrons. The third-order valence-corrected chi connectivity index (χ3v) is 3.88. The Labute approximate surface area is 108 Å². The van der Waals surface area contributed by atoms with Gasteiger partial charge < -0.3 is 5.11 Å². The molecule has 0 bridgehead atoms. The molecule has 0 unspecified atom stereocenters. The SMILES string of the molecule is Cn1cc(S(=O)(=O)NCCCO)c(C(C)(C)C)n1. The third kappa shape index (κ3) is 3.54. The Morgan fingerprint density at radius 3 is 2.56 bits per heavy atom. The second-order valence-electron chi connectivity index (χ2n) is 5.24. The van der Waals surface area contributed by atoms with Crippen molar-refractivity contribution in [2.75, 3.05) is 13.2 Å². The Balaban J connectivity index is 3.09. The van der Waals surface area contributed by atoms with E-state index in [1.54, 1.807) is 7.05 Å². The number of nitrogens with zero attached hydrogens (tertiary/aromatic N) is 2. The van der Waals surface area contributed by atoms with Crippen LogP contribution in [0.1, 0.15) is 32.9 Å². The number of aliphatic hydroxyl groups is 1. The van der Waals surface area contributed by atoms with Crippen LogP contribution >= 0.6 is 0 Å². The van der Waals surface area contributed by atoms with E-state index in [1.807, 2.05) is 20.8 Å². The van der Waals surface area contributed by atoms with E-state index in [0.717, 1.165) is 0 Å². The van der Waals surface area contributed by atoms with Gasteiger partial charge in [-0.3, -0.25) is 4.68 Å². The molecule has 1 aromatic heterocycles. The summed E-state index contributed by atoms with van der Waals surface area (Å²) in [6.07, 6.45) is 1.90. The molecule has 1 rings (SSSR count). The quantitative estimate of drug-likeness (QED) is 0.761. The van der Waals surface area contributed by atoms with Crippen LogP contribution in [0.4, 0.5) is 0 Å². The first-order valence-corrected chi connectivity index (χ1v) is 7.31. The minimum atomic E-state index is -3.57. The van der Waals surface area contributed by atoms with Crippen molar-refractivity contribution in [1.29, 1.82) is 0 Å². The molecule has 18 heavy (non-hydrogen) atoms. The summed E-state index contributed by atoms with van der Waals surface area (Å²) < 4.78 is 28.2. The molecular weight excluding hydrogens is 254 g/mol. The minimum Gasteiger partial charge on any atom is -0.396 e. The molecule has 0 amide bonds. The maximum atomic E-state index is 12.1. The molecule has 7 heteroatoms. The van der Waals surface area contributed by atoms with Gasteiger partial charge in [-0.05, 0) is 6.42 Å². The van der Waals surface area contributed by atoms with Gasteiger partial charge >= 0.3 is 0 Å². The number of aromatic nitrogens is 2. The number of hydrogen-bond donors (Lipinski definition) is 2. The van der Waals surface area contributed by atoms with E-state index in [-0.39, 0.29) is 23.5 Å². The summed E-state index contributed by atoms with van der Waals surface area (Å²) in [4.78, 5) is 0.204. The topological polar surface area (TPSA) is 84.2 Å². The molecule has 0 fully saturated rings. The Kier molecular flexibility index (Phi) is 4.52. The second kappa shape index (κ2) is 5.38. The van der Waals surface area contributed by atoms with Crippen molar-refractivity contribution in [3.63, 3.8) is 0 Å². The molecule has 0 aliphatic heterocycles. The van der Waals surface area contributed by atoms with E-state index in [1.165, 1.54) is 10.9 Å². The first kappa shape index (κ1) is 15.1. The smallest absolute Gasteiger partial charge is 0.243 e. The van der Waals surface area contributed by atoms with Crippen LogP contribution < -0.4 is 4.72 Å². The molecule has 0 saturated heterocycles. The average Bonchev–Trinajstić information content (AvgIpc) is 2.61. The number of rotatable bonds is 5. The van der Waals surface area contributed by atoms with Crippen molar-refractivity contribution in [2.24, 2.45) is 7.05 Å². The Morgan fingerprint density at radius 1 is 1.44 bits per heavy atom. The highest BCUT2D eigenvalue weighted by molar-refractivity contribution is 7.89. The zero-order chi connectivity index (χ0) is 14.0. The molecule has 6 nitrogen and oxygen atoms in total. The van der Waals surface area contributed by atoms with Crippen molar-refractivity contribution in [3.05, 3.63) is 11.9 Å². The van der Waals surface area contributed by atoms with Crippen molar-refractivity contribution in [3.8, 4) is 0 Å². The lowest BCUT2D eigenvalue weighted by molar-refractivity contribution is 0.289. The van der Waals surface area contributed by atoms with Crippen LogP contribution in [0.15, 0.2) is 11.1 Å². The van der Waals surface area contributed by atoms with Crippen molar-refractivity contribution in [1.82, 2.24) is 14.5 Å². The fraction of sp³-hybridized carbons (Fsp3) is 0.727. The predicted molar refractivity (Wildman–Crippen MR) is 68.8 cm³/mol. The molecule has 104 valence electrons. The van der Waals surface area contributed by atoms with Crippen LogP contribution in [0.25, 0.3) is 0 Å². The fourth-order valence-corrected chi connectivity index (χ4v) is 3.01. The van der Waals surface area contributed by atoms with Crippen molar-refractivity contribution >= 4 is 10.0 Å². The summed E-state index contributed by atoms with van der Waals surface area (Å²) in [5.41, 5.74) is 0.198. The number of nitrogens with one attached hydrogen (secondary N) is 1. The molecule has 2 N–H and O–H groups in total. The lowest BCUT2D eigenvalue weighted by atomic mass is 9.92. The highest BCUT2D eigenvalue weighted by Gasteiger charge is 2.29. The predicted octanol–water partition coefficient (Wildman–Crippen LogP) is 0.378. The number of aryl methyl sites for hydroxylation is 1. The van der Waals surface area contributed by atoms with Gasteiger partial charge in [0.25, 0.3) is 0 Å². The molecule has 0 saturated carbocycles. The maximum absolute atomic E-state index is 12.1. The summed E-state index contributed by atoms with van der Waals surface area (Å²) in [6.45, 7) is 5.94. The molecule has 1 aromatic rings. The second-order valence-corrected chi connectivity index (χ2v) is 6.98. The van der Waals surface area contributed by atoms with E-state index in [4.69, 9.17) is 5.11 Å². The summed E-state index contributed by atoms with van der Waals surface area (Å²) in [6, 6.07) is 0. The van der Waals surface area contributed by atoms with Crippen LogP contribution in [0.2, 0.25) is 0 Å². The van der Waals surface area contributed by atoms with E-state index < -0.39 is 10.0 Å². The molecule has 0 spiro atoms. The number of aliphatic hydroxyl groups excluding tert-OH is 1. The highest BCUT2D eigenvalue weighted by atomic mass is 32.2. The average molecular weight is 275 g/mol. The third-order valence-electron chi connectivity index (χ3n) is 2.42. The fourth-order valence-electron chi connectivity index (χ4n) is 1.55. The van der Waals surface area contributed by atoms with Gasteiger partial charge in [0.15, 0.2) is 0 Å². The summed E-state index contributed by atoms with van der Waals surface area (Å²) >= 11 is 0. The van der Waals surface area contributed by atoms with E-state index >= 15 is 0 Å². The van der Waals surface area contributed by atoms with Gasteiger partial charge in [-0.15, -0.1) is 0 Å². The van der Waals surface area contributed by atoms with Crippen LogP contribution in [-0.4, -0.2) is 36.5 Å². The molecular formula is C11H21N3O3S. The van der Waals surface area contributed by atoms with Crippen molar-refractivity contribution in [2.45, 2.75) is 37.5 Å².